The molecule has 1 aliphatic heterocycles. The number of Topliss-reactive ketones (excluding diaryl/α,β-unsaturated/α-hetero) is 1. The summed E-state index contributed by atoms with van der Waals surface area (Å²) in [7, 11) is 1.47. The molecule has 0 radical (unpaired) electrons. The normalized spacial score (nSPS) is 19.6. The van der Waals surface area contributed by atoms with E-state index >= 15 is 0 Å². The van der Waals surface area contributed by atoms with Crippen molar-refractivity contribution in [3.05, 3.63) is 64.3 Å². The number of benzene rings is 2. The molecule has 1 N–H and O–H groups in total. The van der Waals surface area contributed by atoms with Crippen LogP contribution in [0.2, 0.25) is 5.02 Å². The van der Waals surface area contributed by atoms with Gasteiger partial charge >= 0.3 is 0 Å². The average Bonchev–Trinajstić information content (AvgIpc) is 2.68. The third-order valence-corrected chi connectivity index (χ3v) is 5.58. The number of hydrogen-bond acceptors (Lipinski definition) is 4. The summed E-state index contributed by atoms with van der Waals surface area (Å²) >= 11 is 6.13. The molecule has 1 aliphatic carbocycles. The number of phenolic OH excluding ortho intramolecular Hbond substituents is 1. The van der Waals surface area contributed by atoms with E-state index in [9.17, 15) is 14.7 Å². The zero-order chi connectivity index (χ0) is 19.8. The highest BCUT2D eigenvalue weighted by Gasteiger charge is 2.39. The third-order valence-electron chi connectivity index (χ3n) is 5.35. The van der Waals surface area contributed by atoms with Crippen molar-refractivity contribution in [2.45, 2.75) is 31.6 Å². The summed E-state index contributed by atoms with van der Waals surface area (Å²) in [6.07, 6.45) is 2.02. The number of rotatable bonds is 3. The van der Waals surface area contributed by atoms with E-state index in [1.54, 1.807) is 35.2 Å². The van der Waals surface area contributed by atoms with Crippen LogP contribution in [0, 0.1) is 0 Å². The van der Waals surface area contributed by atoms with Crippen molar-refractivity contribution in [2.24, 2.45) is 0 Å². The lowest BCUT2D eigenvalue weighted by Gasteiger charge is -2.38. The first-order valence-corrected chi connectivity index (χ1v) is 9.59. The molecule has 0 fully saturated rings. The number of carbonyl (C=O) groups is 2. The molecule has 0 saturated heterocycles. The lowest BCUT2D eigenvalue weighted by atomic mass is 9.77. The largest absolute Gasteiger partial charge is 0.504 e. The molecule has 1 amide bonds. The molecule has 5 nitrogen and oxygen atoms in total. The Morgan fingerprint density at radius 1 is 1.14 bits per heavy atom. The molecule has 4 rings (SSSR count). The van der Waals surface area contributed by atoms with Gasteiger partial charge in [-0.25, -0.2) is 0 Å². The Kier molecular flexibility index (Phi) is 4.85. The highest BCUT2D eigenvalue weighted by atomic mass is 35.5. The number of carbonyl (C=O) groups excluding carboxylic acids is 2. The Bertz CT molecular complexity index is 998. The van der Waals surface area contributed by atoms with Gasteiger partial charge in [-0.2, -0.15) is 0 Å². The van der Waals surface area contributed by atoms with Gasteiger partial charge in [-0.05, 0) is 48.7 Å². The van der Waals surface area contributed by atoms with E-state index < -0.39 is 0 Å². The van der Waals surface area contributed by atoms with Crippen molar-refractivity contribution in [2.75, 3.05) is 12.0 Å². The van der Waals surface area contributed by atoms with Gasteiger partial charge in [0.25, 0.3) is 0 Å². The van der Waals surface area contributed by atoms with Crippen LogP contribution in [0.3, 0.4) is 0 Å². The zero-order valence-corrected chi connectivity index (χ0v) is 16.2. The van der Waals surface area contributed by atoms with E-state index in [2.05, 4.69) is 0 Å². The second-order valence-corrected chi connectivity index (χ2v) is 7.47. The van der Waals surface area contributed by atoms with Gasteiger partial charge in [0, 0.05) is 35.1 Å². The Labute approximate surface area is 168 Å². The Hall–Kier alpha value is -2.79. The number of aromatic hydroxyl groups is 1. The van der Waals surface area contributed by atoms with Crippen molar-refractivity contribution in [3.63, 3.8) is 0 Å². The third kappa shape index (κ3) is 3.16. The molecule has 28 heavy (non-hydrogen) atoms. The van der Waals surface area contributed by atoms with Crippen LogP contribution in [-0.2, 0) is 9.59 Å². The number of methoxy groups -OCH3 is 1. The average molecular weight is 398 g/mol. The highest BCUT2D eigenvalue weighted by Crippen LogP contribution is 2.44. The number of phenols is 1. The monoisotopic (exact) mass is 397 g/mol. The summed E-state index contributed by atoms with van der Waals surface area (Å²) in [6.45, 7) is 0. The van der Waals surface area contributed by atoms with Gasteiger partial charge in [-0.15, -0.1) is 0 Å². The second-order valence-electron chi connectivity index (χ2n) is 7.03. The Balaban J connectivity index is 1.86. The summed E-state index contributed by atoms with van der Waals surface area (Å²) in [6, 6.07) is 12.1. The summed E-state index contributed by atoms with van der Waals surface area (Å²) < 4.78 is 5.21. The summed E-state index contributed by atoms with van der Waals surface area (Å²) in [5, 5.41) is 10.4. The van der Waals surface area contributed by atoms with Crippen LogP contribution in [0.4, 0.5) is 5.69 Å². The first-order chi connectivity index (χ1) is 13.5. The molecule has 0 aromatic heterocycles. The van der Waals surface area contributed by atoms with Crippen molar-refractivity contribution >= 4 is 29.0 Å². The number of allylic oxidation sites excluding steroid dienone is 2. The predicted octanol–water partition coefficient (Wildman–Crippen LogP) is 4.58. The topological polar surface area (TPSA) is 66.8 Å². The van der Waals surface area contributed by atoms with Crippen molar-refractivity contribution in [1.82, 2.24) is 0 Å². The molecule has 2 aromatic carbocycles. The first kappa shape index (κ1) is 18.6. The molecular weight excluding hydrogens is 378 g/mol. The van der Waals surface area contributed by atoms with E-state index in [1.807, 2.05) is 6.07 Å². The molecule has 6 heteroatoms. The predicted molar refractivity (Wildman–Crippen MR) is 107 cm³/mol. The summed E-state index contributed by atoms with van der Waals surface area (Å²) in [4.78, 5) is 27.7. The van der Waals surface area contributed by atoms with Crippen LogP contribution < -0.4 is 9.64 Å². The minimum absolute atomic E-state index is 0.0260. The molecule has 1 heterocycles. The molecule has 0 saturated carbocycles. The molecule has 1 atom stereocenters. The number of ketones is 1. The number of amides is 1. The molecule has 0 spiro atoms. The van der Waals surface area contributed by atoms with Gasteiger partial charge < -0.3 is 9.84 Å². The van der Waals surface area contributed by atoms with Gasteiger partial charge in [0.15, 0.2) is 17.3 Å². The Morgan fingerprint density at radius 2 is 1.96 bits per heavy atom. The summed E-state index contributed by atoms with van der Waals surface area (Å²) in [5.41, 5.74) is 2.91. The van der Waals surface area contributed by atoms with Gasteiger partial charge in [-0.3, -0.25) is 14.5 Å². The van der Waals surface area contributed by atoms with Crippen LogP contribution in [0.1, 0.15) is 37.2 Å². The van der Waals surface area contributed by atoms with Crippen LogP contribution in [0.15, 0.2) is 53.7 Å². The first-order valence-electron chi connectivity index (χ1n) is 9.21. The second kappa shape index (κ2) is 7.32. The fourth-order valence-corrected chi connectivity index (χ4v) is 4.29. The van der Waals surface area contributed by atoms with Crippen molar-refractivity contribution < 1.29 is 19.4 Å². The van der Waals surface area contributed by atoms with E-state index in [0.717, 1.165) is 11.3 Å². The number of anilines is 1. The quantitative estimate of drug-likeness (QED) is 0.823. The van der Waals surface area contributed by atoms with E-state index in [1.165, 1.54) is 13.2 Å². The standard InChI is InChI=1S/C22H20ClNO4/c1-28-20-10-13(8-9-18(20)25)16-12-21(27)24(15-5-2-4-14(23)11-15)17-6-3-7-19(26)22(16)17/h2,4-5,8-11,16,25H,3,6-7,12H2,1H3. The lowest BCUT2D eigenvalue weighted by Crippen LogP contribution is -2.40. The van der Waals surface area contributed by atoms with E-state index in [-0.39, 0.29) is 29.8 Å². The maximum atomic E-state index is 13.1. The van der Waals surface area contributed by atoms with Crippen LogP contribution in [0.5, 0.6) is 11.5 Å². The van der Waals surface area contributed by atoms with Gasteiger partial charge in [0.2, 0.25) is 5.91 Å². The maximum Gasteiger partial charge on any atom is 0.232 e. The maximum absolute atomic E-state index is 13.1. The highest BCUT2D eigenvalue weighted by molar-refractivity contribution is 6.31. The zero-order valence-electron chi connectivity index (χ0n) is 15.4. The fourth-order valence-electron chi connectivity index (χ4n) is 4.10. The Morgan fingerprint density at radius 3 is 2.71 bits per heavy atom. The van der Waals surface area contributed by atoms with Crippen molar-refractivity contribution in [1.29, 1.82) is 0 Å². The molecule has 2 aliphatic rings. The van der Waals surface area contributed by atoms with Crippen LogP contribution >= 0.6 is 11.6 Å². The van der Waals surface area contributed by atoms with E-state index in [4.69, 9.17) is 16.3 Å². The molecule has 1 unspecified atom stereocenters. The molecule has 0 bridgehead atoms. The van der Waals surface area contributed by atoms with Gasteiger partial charge in [0.1, 0.15) is 0 Å². The number of nitrogens with zero attached hydrogens (tertiary/aromatic N) is 1. The fraction of sp³-hybridized carbons (Fsp3) is 0.273. The SMILES string of the molecule is COc1cc(C2CC(=O)N(c3cccc(Cl)c3)C3=C2C(=O)CCC3)ccc1O. The number of ether oxygens (including phenoxy) is 1. The summed E-state index contributed by atoms with van der Waals surface area (Å²) in [5.74, 6) is -0.00319. The lowest BCUT2D eigenvalue weighted by molar-refractivity contribution is -0.119. The number of halogens is 1. The number of hydrogen-bond donors (Lipinski definition) is 1. The van der Waals surface area contributed by atoms with E-state index in [0.29, 0.717) is 41.3 Å². The van der Waals surface area contributed by atoms with Crippen LogP contribution in [-0.4, -0.2) is 23.9 Å². The van der Waals surface area contributed by atoms with Crippen molar-refractivity contribution in [3.8, 4) is 11.5 Å². The molecule has 2 aromatic rings. The van der Waals surface area contributed by atoms with Gasteiger partial charge in [-0.1, -0.05) is 23.7 Å². The van der Waals surface area contributed by atoms with Gasteiger partial charge in [0.05, 0.1) is 12.8 Å². The smallest absolute Gasteiger partial charge is 0.232 e. The van der Waals surface area contributed by atoms with Crippen LogP contribution in [0.25, 0.3) is 0 Å². The minimum Gasteiger partial charge on any atom is -0.504 e. The molecular formula is C22H20ClNO4. The minimum atomic E-state index is -0.347. The molecule has 144 valence electrons.